The van der Waals surface area contributed by atoms with Gasteiger partial charge in [-0.05, 0) is 13.0 Å². The third kappa shape index (κ3) is 0.984. The third-order valence-corrected chi connectivity index (χ3v) is 2.42. The van der Waals surface area contributed by atoms with E-state index in [0.29, 0.717) is 10.7 Å². The smallest absolute Gasteiger partial charge is 0.252 e. The zero-order valence-corrected chi connectivity index (χ0v) is 7.23. The Hall–Kier alpha value is -1.36. The quantitative estimate of drug-likeness (QED) is 0.633. The number of rotatable bonds is 0. The number of aromatic nitrogens is 2. The molecule has 0 unspecified atom stereocenters. The molecular formula is C7H7N3OS. The van der Waals surface area contributed by atoms with Crippen molar-refractivity contribution in [3.8, 4) is 0 Å². The summed E-state index contributed by atoms with van der Waals surface area (Å²) in [7, 11) is 0. The molecule has 0 fully saturated rings. The minimum absolute atomic E-state index is 0.0776. The van der Waals surface area contributed by atoms with Gasteiger partial charge in [-0.25, -0.2) is 4.98 Å². The number of pyridine rings is 1. The van der Waals surface area contributed by atoms with Gasteiger partial charge in [0.05, 0.1) is 0 Å². The van der Waals surface area contributed by atoms with Gasteiger partial charge in [0, 0.05) is 5.56 Å². The standard InChI is InChI=1S/C7H7N3OS/c1-3-2-4-6(10-5(3)11)12-7(8)9-4/h2H,1H3,(H2,8,9)(H,10,11). The Labute approximate surface area is 72.1 Å². The topological polar surface area (TPSA) is 71.8 Å². The van der Waals surface area contributed by atoms with Gasteiger partial charge in [-0.15, -0.1) is 0 Å². The van der Waals surface area contributed by atoms with Crippen LogP contribution in [0.4, 0.5) is 5.13 Å². The minimum Gasteiger partial charge on any atom is -0.375 e. The number of thiazole rings is 1. The Kier molecular flexibility index (Phi) is 1.41. The first-order valence-electron chi connectivity index (χ1n) is 3.43. The fourth-order valence-electron chi connectivity index (χ4n) is 1.01. The molecule has 0 amide bonds. The molecule has 2 aromatic heterocycles. The number of H-pyrrole nitrogens is 1. The molecule has 62 valence electrons. The van der Waals surface area contributed by atoms with E-state index < -0.39 is 0 Å². The van der Waals surface area contributed by atoms with Gasteiger partial charge in [0.1, 0.15) is 10.3 Å². The highest BCUT2D eigenvalue weighted by Crippen LogP contribution is 2.19. The molecule has 0 aliphatic heterocycles. The van der Waals surface area contributed by atoms with Crippen molar-refractivity contribution < 1.29 is 0 Å². The van der Waals surface area contributed by atoms with Crippen LogP contribution in [0.5, 0.6) is 0 Å². The van der Waals surface area contributed by atoms with Crippen LogP contribution >= 0.6 is 11.3 Å². The highest BCUT2D eigenvalue weighted by atomic mass is 32.1. The summed E-state index contributed by atoms with van der Waals surface area (Å²) in [6.07, 6.45) is 0. The van der Waals surface area contributed by atoms with E-state index >= 15 is 0 Å². The van der Waals surface area contributed by atoms with Crippen molar-refractivity contribution in [2.45, 2.75) is 6.92 Å². The van der Waals surface area contributed by atoms with Gasteiger partial charge in [-0.3, -0.25) is 4.79 Å². The molecule has 4 nitrogen and oxygen atoms in total. The van der Waals surface area contributed by atoms with E-state index in [1.807, 2.05) is 0 Å². The summed E-state index contributed by atoms with van der Waals surface area (Å²) < 4.78 is 0. The summed E-state index contributed by atoms with van der Waals surface area (Å²) in [4.78, 5) is 18.6. The second-order valence-corrected chi connectivity index (χ2v) is 3.58. The maximum atomic E-state index is 11.1. The zero-order chi connectivity index (χ0) is 8.72. The summed E-state index contributed by atoms with van der Waals surface area (Å²) in [6.45, 7) is 1.74. The molecule has 0 saturated carbocycles. The van der Waals surface area contributed by atoms with Crippen molar-refractivity contribution in [2.75, 3.05) is 5.73 Å². The van der Waals surface area contributed by atoms with Crippen molar-refractivity contribution in [1.82, 2.24) is 9.97 Å². The molecule has 2 heterocycles. The summed E-state index contributed by atoms with van der Waals surface area (Å²) in [5.74, 6) is 0. The minimum atomic E-state index is -0.0776. The second kappa shape index (κ2) is 2.31. The van der Waals surface area contributed by atoms with E-state index in [9.17, 15) is 4.79 Å². The largest absolute Gasteiger partial charge is 0.375 e. The molecule has 0 radical (unpaired) electrons. The maximum absolute atomic E-state index is 11.1. The molecule has 5 heteroatoms. The maximum Gasteiger partial charge on any atom is 0.252 e. The number of fused-ring (bicyclic) bond motifs is 1. The van der Waals surface area contributed by atoms with Gasteiger partial charge in [0.15, 0.2) is 5.13 Å². The first-order chi connectivity index (χ1) is 5.66. The Morgan fingerprint density at radius 3 is 3.17 bits per heavy atom. The van der Waals surface area contributed by atoms with Crippen molar-refractivity contribution in [3.63, 3.8) is 0 Å². The summed E-state index contributed by atoms with van der Waals surface area (Å²) in [5, 5.41) is 0.478. The van der Waals surface area contributed by atoms with Crippen molar-refractivity contribution >= 4 is 26.8 Å². The number of anilines is 1. The van der Waals surface area contributed by atoms with Gasteiger partial charge in [-0.2, -0.15) is 0 Å². The van der Waals surface area contributed by atoms with Crippen molar-refractivity contribution in [3.05, 3.63) is 22.0 Å². The second-order valence-electron chi connectivity index (χ2n) is 2.55. The van der Waals surface area contributed by atoms with Crippen LogP contribution in [0.1, 0.15) is 5.56 Å². The van der Waals surface area contributed by atoms with Gasteiger partial charge in [-0.1, -0.05) is 11.3 Å². The molecule has 0 aliphatic rings. The lowest BCUT2D eigenvalue weighted by Crippen LogP contribution is -2.07. The van der Waals surface area contributed by atoms with Crippen molar-refractivity contribution in [1.29, 1.82) is 0 Å². The average Bonchev–Trinajstić information content (AvgIpc) is 2.30. The average molecular weight is 181 g/mol. The van der Waals surface area contributed by atoms with E-state index in [1.54, 1.807) is 13.0 Å². The third-order valence-electron chi connectivity index (χ3n) is 1.61. The number of aryl methyl sites for hydroxylation is 1. The molecule has 12 heavy (non-hydrogen) atoms. The number of nitrogens with two attached hydrogens (primary N) is 1. The van der Waals surface area contributed by atoms with Gasteiger partial charge in [0.2, 0.25) is 0 Å². The molecule has 0 spiro atoms. The van der Waals surface area contributed by atoms with E-state index in [-0.39, 0.29) is 5.56 Å². The summed E-state index contributed by atoms with van der Waals surface area (Å²) >= 11 is 1.29. The van der Waals surface area contributed by atoms with Crippen LogP contribution < -0.4 is 11.3 Å². The number of nitrogens with one attached hydrogen (secondary N) is 1. The van der Waals surface area contributed by atoms with Gasteiger partial charge in [0.25, 0.3) is 5.56 Å². The predicted octanol–water partition coefficient (Wildman–Crippen LogP) is 0.875. The van der Waals surface area contributed by atoms with Crippen LogP contribution in [-0.2, 0) is 0 Å². The molecule has 0 atom stereocenters. The lowest BCUT2D eigenvalue weighted by molar-refractivity contribution is 1.24. The number of aromatic amines is 1. The van der Waals surface area contributed by atoms with E-state index in [2.05, 4.69) is 9.97 Å². The van der Waals surface area contributed by atoms with Crippen LogP contribution in [0.25, 0.3) is 10.3 Å². The highest BCUT2D eigenvalue weighted by molar-refractivity contribution is 7.21. The fraction of sp³-hybridized carbons (Fsp3) is 0.143. The van der Waals surface area contributed by atoms with Gasteiger partial charge >= 0.3 is 0 Å². The first-order valence-corrected chi connectivity index (χ1v) is 4.24. The van der Waals surface area contributed by atoms with Crippen molar-refractivity contribution in [2.24, 2.45) is 0 Å². The molecule has 0 saturated heterocycles. The monoisotopic (exact) mass is 181 g/mol. The highest BCUT2D eigenvalue weighted by Gasteiger charge is 2.02. The van der Waals surface area contributed by atoms with Crippen LogP contribution in [0.3, 0.4) is 0 Å². The molecule has 0 aliphatic carbocycles. The molecule has 2 rings (SSSR count). The van der Waals surface area contributed by atoms with E-state index in [4.69, 9.17) is 5.73 Å². The number of nitrogen functional groups attached to an aromatic ring is 1. The molecule has 0 aromatic carbocycles. The molecular weight excluding hydrogens is 174 g/mol. The van der Waals surface area contributed by atoms with Crippen LogP contribution in [-0.4, -0.2) is 9.97 Å². The van der Waals surface area contributed by atoms with Crippen LogP contribution in [0, 0.1) is 6.92 Å². The first kappa shape index (κ1) is 7.30. The Morgan fingerprint density at radius 1 is 1.67 bits per heavy atom. The molecule has 3 N–H and O–H groups in total. The lowest BCUT2D eigenvalue weighted by Gasteiger charge is -1.89. The van der Waals surface area contributed by atoms with E-state index in [0.717, 1.165) is 10.3 Å². The Balaban J connectivity index is 2.92. The fourth-order valence-corrected chi connectivity index (χ4v) is 1.71. The predicted molar refractivity (Wildman–Crippen MR) is 49.4 cm³/mol. The Morgan fingerprint density at radius 2 is 2.42 bits per heavy atom. The number of nitrogens with zero attached hydrogens (tertiary/aromatic N) is 1. The summed E-state index contributed by atoms with van der Waals surface area (Å²) in [5.41, 5.74) is 6.82. The number of hydrogen-bond acceptors (Lipinski definition) is 4. The summed E-state index contributed by atoms with van der Waals surface area (Å²) in [6, 6.07) is 1.74. The zero-order valence-electron chi connectivity index (χ0n) is 6.42. The SMILES string of the molecule is Cc1cc2nc(N)sc2[nH]c1=O. The van der Waals surface area contributed by atoms with Gasteiger partial charge < -0.3 is 10.7 Å². The Bertz CT molecular complexity index is 485. The van der Waals surface area contributed by atoms with E-state index in [1.165, 1.54) is 11.3 Å². The van der Waals surface area contributed by atoms with Crippen LogP contribution in [0.15, 0.2) is 10.9 Å². The molecule has 2 aromatic rings. The molecule has 0 bridgehead atoms. The van der Waals surface area contributed by atoms with Crippen LogP contribution in [0.2, 0.25) is 0 Å². The normalized spacial score (nSPS) is 10.8. The number of hydrogen-bond donors (Lipinski definition) is 2. The lowest BCUT2D eigenvalue weighted by atomic mass is 10.3.